The van der Waals surface area contributed by atoms with Gasteiger partial charge in [0.25, 0.3) is 5.56 Å². The van der Waals surface area contributed by atoms with Gasteiger partial charge in [-0.15, -0.1) is 0 Å². The van der Waals surface area contributed by atoms with Crippen LogP contribution in [0.2, 0.25) is 0 Å². The second-order valence-electron chi connectivity index (χ2n) is 7.52. The maximum Gasteiger partial charge on any atom is 0.271 e. The van der Waals surface area contributed by atoms with E-state index in [1.807, 2.05) is 30.3 Å². The molecular formula is C22H23BrN2O2. The molecule has 1 aromatic heterocycles. The van der Waals surface area contributed by atoms with E-state index in [1.165, 1.54) is 11.9 Å². The number of aromatic nitrogens is 2. The first kappa shape index (κ1) is 19.4. The summed E-state index contributed by atoms with van der Waals surface area (Å²) in [6.07, 6.45) is 1.53. The molecular weight excluding hydrogens is 404 g/mol. The lowest BCUT2D eigenvalue weighted by molar-refractivity contribution is 0.289. The molecule has 0 spiro atoms. The standard InChI is InChI=1S/C22H23BrN2O2/c1-22(2,3)18-11-9-16(10-12-18)13-25-15-24-20(19(23)21(25)26)27-14-17-7-5-4-6-8-17/h4-12,15H,13-14H2,1-3H3. The van der Waals surface area contributed by atoms with Crippen molar-refractivity contribution in [1.29, 1.82) is 0 Å². The van der Waals surface area contributed by atoms with E-state index in [9.17, 15) is 4.79 Å². The SMILES string of the molecule is CC(C)(C)c1ccc(Cn2cnc(OCc3ccccc3)c(Br)c2=O)cc1. The van der Waals surface area contributed by atoms with Crippen LogP contribution >= 0.6 is 15.9 Å². The minimum Gasteiger partial charge on any atom is -0.472 e. The van der Waals surface area contributed by atoms with Crippen LogP contribution in [0.4, 0.5) is 0 Å². The Morgan fingerprint density at radius 2 is 1.67 bits per heavy atom. The lowest BCUT2D eigenvalue weighted by atomic mass is 9.87. The molecule has 0 saturated heterocycles. The van der Waals surface area contributed by atoms with Gasteiger partial charge in [0.2, 0.25) is 5.88 Å². The summed E-state index contributed by atoms with van der Waals surface area (Å²) < 4.78 is 7.61. The molecule has 2 aromatic carbocycles. The molecule has 4 nitrogen and oxygen atoms in total. The summed E-state index contributed by atoms with van der Waals surface area (Å²) in [5, 5.41) is 0. The zero-order valence-corrected chi connectivity index (χ0v) is 17.4. The number of hydrogen-bond donors (Lipinski definition) is 0. The van der Waals surface area contributed by atoms with Crippen molar-refractivity contribution in [3.8, 4) is 5.88 Å². The summed E-state index contributed by atoms with van der Waals surface area (Å²) in [6, 6.07) is 18.1. The van der Waals surface area contributed by atoms with Gasteiger partial charge in [-0.25, -0.2) is 4.98 Å². The number of ether oxygens (including phenoxy) is 1. The van der Waals surface area contributed by atoms with Crippen LogP contribution in [0, 0.1) is 0 Å². The summed E-state index contributed by atoms with van der Waals surface area (Å²) in [4.78, 5) is 16.9. The number of nitrogens with zero attached hydrogens (tertiary/aromatic N) is 2. The average Bonchev–Trinajstić information content (AvgIpc) is 2.65. The van der Waals surface area contributed by atoms with Gasteiger partial charge in [-0.1, -0.05) is 75.4 Å². The summed E-state index contributed by atoms with van der Waals surface area (Å²) in [7, 11) is 0. The van der Waals surface area contributed by atoms with Crippen molar-refractivity contribution in [2.75, 3.05) is 0 Å². The van der Waals surface area contributed by atoms with E-state index < -0.39 is 0 Å². The zero-order chi connectivity index (χ0) is 19.4. The maximum absolute atomic E-state index is 12.6. The third-order valence-corrected chi connectivity index (χ3v) is 5.02. The van der Waals surface area contributed by atoms with Gasteiger partial charge >= 0.3 is 0 Å². The Labute approximate surface area is 168 Å². The lowest BCUT2D eigenvalue weighted by Crippen LogP contribution is -2.22. The second-order valence-corrected chi connectivity index (χ2v) is 8.31. The minimum absolute atomic E-state index is 0.109. The molecule has 0 aliphatic heterocycles. The molecule has 0 unspecified atom stereocenters. The Morgan fingerprint density at radius 1 is 1.00 bits per heavy atom. The molecule has 0 aliphatic carbocycles. The number of rotatable bonds is 5. The highest BCUT2D eigenvalue weighted by Gasteiger charge is 2.14. The molecule has 0 N–H and O–H groups in total. The Kier molecular flexibility index (Phi) is 5.80. The van der Waals surface area contributed by atoms with Crippen molar-refractivity contribution in [3.63, 3.8) is 0 Å². The van der Waals surface area contributed by atoms with E-state index in [0.29, 0.717) is 23.5 Å². The van der Waals surface area contributed by atoms with Crippen LogP contribution in [-0.4, -0.2) is 9.55 Å². The first-order valence-corrected chi connectivity index (χ1v) is 9.65. The molecule has 3 aromatic rings. The largest absolute Gasteiger partial charge is 0.472 e. The van der Waals surface area contributed by atoms with Gasteiger partial charge in [0.15, 0.2) is 0 Å². The quantitative estimate of drug-likeness (QED) is 0.580. The number of benzene rings is 2. The van der Waals surface area contributed by atoms with E-state index in [1.54, 1.807) is 4.57 Å². The van der Waals surface area contributed by atoms with Crippen LogP contribution in [-0.2, 0) is 18.6 Å². The van der Waals surface area contributed by atoms with Gasteiger partial charge in [-0.05, 0) is 38.0 Å². The highest BCUT2D eigenvalue weighted by molar-refractivity contribution is 9.10. The Morgan fingerprint density at radius 3 is 2.30 bits per heavy atom. The topological polar surface area (TPSA) is 44.1 Å². The van der Waals surface area contributed by atoms with Gasteiger partial charge in [0.1, 0.15) is 17.4 Å². The second kappa shape index (κ2) is 8.09. The molecule has 0 fully saturated rings. The van der Waals surface area contributed by atoms with E-state index in [0.717, 1.165) is 11.1 Å². The van der Waals surface area contributed by atoms with Gasteiger partial charge in [0, 0.05) is 0 Å². The van der Waals surface area contributed by atoms with Gasteiger partial charge in [-0.2, -0.15) is 0 Å². The Balaban J connectivity index is 1.74. The first-order chi connectivity index (χ1) is 12.8. The van der Waals surface area contributed by atoms with Crippen LogP contribution < -0.4 is 10.3 Å². The highest BCUT2D eigenvalue weighted by Crippen LogP contribution is 2.23. The molecule has 5 heteroatoms. The molecule has 0 amide bonds. The molecule has 0 radical (unpaired) electrons. The van der Waals surface area contributed by atoms with Crippen LogP contribution in [0.3, 0.4) is 0 Å². The van der Waals surface area contributed by atoms with Crippen LogP contribution in [0.1, 0.15) is 37.5 Å². The molecule has 27 heavy (non-hydrogen) atoms. The molecule has 0 saturated carbocycles. The fraction of sp³-hybridized carbons (Fsp3) is 0.273. The van der Waals surface area contributed by atoms with Gasteiger partial charge in [0.05, 0.1) is 6.54 Å². The van der Waals surface area contributed by atoms with E-state index in [2.05, 4.69) is 66.0 Å². The van der Waals surface area contributed by atoms with Gasteiger partial charge < -0.3 is 4.74 Å². The van der Waals surface area contributed by atoms with Crippen molar-refractivity contribution in [1.82, 2.24) is 9.55 Å². The molecule has 140 valence electrons. The van der Waals surface area contributed by atoms with E-state index in [-0.39, 0.29) is 11.0 Å². The van der Waals surface area contributed by atoms with Crippen LogP contribution in [0.5, 0.6) is 5.88 Å². The van der Waals surface area contributed by atoms with Crippen molar-refractivity contribution >= 4 is 15.9 Å². The lowest BCUT2D eigenvalue weighted by Gasteiger charge is -2.19. The van der Waals surface area contributed by atoms with Crippen molar-refractivity contribution in [2.24, 2.45) is 0 Å². The molecule has 0 bridgehead atoms. The summed E-state index contributed by atoms with van der Waals surface area (Å²) >= 11 is 3.33. The third kappa shape index (κ3) is 4.86. The third-order valence-electron chi connectivity index (χ3n) is 4.34. The van der Waals surface area contributed by atoms with Crippen molar-refractivity contribution in [2.45, 2.75) is 39.3 Å². The van der Waals surface area contributed by atoms with Crippen LogP contribution in [0.25, 0.3) is 0 Å². The highest BCUT2D eigenvalue weighted by atomic mass is 79.9. The Hall–Kier alpha value is -2.40. The first-order valence-electron chi connectivity index (χ1n) is 8.85. The van der Waals surface area contributed by atoms with Crippen molar-refractivity contribution < 1.29 is 4.74 Å². The fourth-order valence-corrected chi connectivity index (χ4v) is 3.14. The predicted molar refractivity (Wildman–Crippen MR) is 111 cm³/mol. The van der Waals surface area contributed by atoms with Crippen molar-refractivity contribution in [3.05, 3.63) is 92.4 Å². The summed E-state index contributed by atoms with van der Waals surface area (Å²) in [5.74, 6) is 0.309. The maximum atomic E-state index is 12.6. The van der Waals surface area contributed by atoms with E-state index in [4.69, 9.17) is 4.74 Å². The molecule has 1 heterocycles. The number of hydrogen-bond acceptors (Lipinski definition) is 3. The van der Waals surface area contributed by atoms with Crippen LogP contribution in [0.15, 0.2) is 70.2 Å². The number of halogens is 1. The van der Waals surface area contributed by atoms with Gasteiger partial charge in [-0.3, -0.25) is 9.36 Å². The predicted octanol–water partition coefficient (Wildman–Crippen LogP) is 4.93. The smallest absolute Gasteiger partial charge is 0.271 e. The average molecular weight is 427 g/mol. The summed E-state index contributed by atoms with van der Waals surface area (Å²) in [5.41, 5.74) is 3.29. The zero-order valence-electron chi connectivity index (χ0n) is 15.8. The normalized spacial score (nSPS) is 11.4. The monoisotopic (exact) mass is 426 g/mol. The fourth-order valence-electron chi connectivity index (χ4n) is 2.69. The Bertz CT molecular complexity index is 958. The molecule has 0 atom stereocenters. The summed E-state index contributed by atoms with van der Waals surface area (Å²) in [6.45, 7) is 7.38. The molecule has 0 aliphatic rings. The van der Waals surface area contributed by atoms with E-state index >= 15 is 0 Å². The molecule has 3 rings (SSSR count). The minimum atomic E-state index is -0.159.